The lowest BCUT2D eigenvalue weighted by Gasteiger charge is -2.26. The molecule has 0 saturated carbocycles. The molecule has 0 N–H and O–H groups in total. The van der Waals surface area contributed by atoms with Crippen molar-refractivity contribution >= 4 is 38.7 Å². The molecule has 0 spiro atoms. The fourth-order valence-electron chi connectivity index (χ4n) is 9.06. The number of para-hydroxylation sites is 1. The molecule has 0 unspecified atom stereocenters. The van der Waals surface area contributed by atoms with Gasteiger partial charge in [0.2, 0.25) is 0 Å². The maximum absolute atomic E-state index is 5.06. The first-order chi connectivity index (χ1) is 26.0. The van der Waals surface area contributed by atoms with Gasteiger partial charge in [0.05, 0.1) is 11.0 Å². The van der Waals surface area contributed by atoms with Gasteiger partial charge in [0.15, 0.2) is 17.5 Å². The minimum absolute atomic E-state index is 0.106. The second-order valence-electron chi connectivity index (χ2n) is 14.8. The predicted molar refractivity (Wildman–Crippen MR) is 218 cm³/mol. The lowest BCUT2D eigenvalue weighted by Crippen LogP contribution is -2.16. The van der Waals surface area contributed by atoms with E-state index in [1.165, 1.54) is 66.0 Å². The second-order valence-corrected chi connectivity index (χ2v) is 14.8. The van der Waals surface area contributed by atoms with E-state index in [0.29, 0.717) is 17.5 Å². The largest absolute Gasteiger partial charge is 0.309 e. The average Bonchev–Trinajstić information content (AvgIpc) is 3.67. The molecule has 11 rings (SSSR count). The average molecular weight is 679 g/mol. The van der Waals surface area contributed by atoms with Gasteiger partial charge in [0.1, 0.15) is 0 Å². The highest BCUT2D eigenvalue weighted by molar-refractivity contribution is 6.20. The monoisotopic (exact) mass is 678 g/mol. The van der Waals surface area contributed by atoms with Crippen molar-refractivity contribution in [2.45, 2.75) is 25.7 Å². The van der Waals surface area contributed by atoms with Crippen LogP contribution in [-0.2, 0) is 11.8 Å². The zero-order chi connectivity index (χ0) is 35.3. The Kier molecular flexibility index (Phi) is 6.33. The molecular weight excluding hydrogens is 645 g/mol. The minimum Gasteiger partial charge on any atom is -0.309 e. The Hall–Kier alpha value is -6.65. The zero-order valence-corrected chi connectivity index (χ0v) is 29.5. The molecule has 0 amide bonds. The molecule has 0 radical (unpaired) electrons. The number of hydrogen-bond donors (Lipinski definition) is 0. The number of hydrogen-bond acceptors (Lipinski definition) is 3. The lowest BCUT2D eigenvalue weighted by atomic mass is 9.78. The highest BCUT2D eigenvalue weighted by Crippen LogP contribution is 2.54. The summed E-state index contributed by atoms with van der Waals surface area (Å²) < 4.78 is 2.45. The summed E-state index contributed by atoms with van der Waals surface area (Å²) in [5.41, 5.74) is 14.5. The summed E-state index contributed by atoms with van der Waals surface area (Å²) in [6.45, 7) is 4.79. The van der Waals surface area contributed by atoms with Gasteiger partial charge in [0, 0.05) is 44.1 Å². The van der Waals surface area contributed by atoms with Crippen LogP contribution in [-0.4, -0.2) is 19.5 Å². The minimum atomic E-state index is -0.106. The third-order valence-corrected chi connectivity index (χ3v) is 11.4. The summed E-state index contributed by atoms with van der Waals surface area (Å²) in [6.07, 6.45) is 5.63. The highest BCUT2D eigenvalue weighted by atomic mass is 15.0. The molecule has 53 heavy (non-hydrogen) atoms. The molecule has 2 heterocycles. The van der Waals surface area contributed by atoms with Crippen LogP contribution in [0.5, 0.6) is 0 Å². The summed E-state index contributed by atoms with van der Waals surface area (Å²) in [7, 11) is 0. The van der Waals surface area contributed by atoms with Crippen molar-refractivity contribution in [2.24, 2.45) is 0 Å². The topological polar surface area (TPSA) is 43.6 Å². The van der Waals surface area contributed by atoms with Crippen LogP contribution in [0.3, 0.4) is 0 Å². The van der Waals surface area contributed by atoms with Crippen molar-refractivity contribution in [1.29, 1.82) is 0 Å². The van der Waals surface area contributed by atoms with Crippen molar-refractivity contribution in [3.63, 3.8) is 0 Å². The van der Waals surface area contributed by atoms with Crippen LogP contribution in [0, 0.1) is 0 Å². The molecule has 2 aliphatic carbocycles. The van der Waals surface area contributed by atoms with Crippen LogP contribution >= 0.6 is 0 Å². The number of fused-ring (bicyclic) bond motifs is 8. The first-order valence-corrected chi connectivity index (χ1v) is 18.3. The first kappa shape index (κ1) is 30.0. The van der Waals surface area contributed by atoms with Gasteiger partial charge in [-0.1, -0.05) is 141 Å². The van der Waals surface area contributed by atoms with E-state index in [4.69, 9.17) is 15.0 Å². The number of rotatable bonds is 4. The summed E-state index contributed by atoms with van der Waals surface area (Å²) in [4.78, 5) is 15.1. The Morgan fingerprint density at radius 3 is 1.94 bits per heavy atom. The van der Waals surface area contributed by atoms with Crippen molar-refractivity contribution in [2.75, 3.05) is 0 Å². The number of allylic oxidation sites excluding steroid dienone is 1. The van der Waals surface area contributed by atoms with Crippen LogP contribution < -0.4 is 0 Å². The van der Waals surface area contributed by atoms with Gasteiger partial charge in [-0.2, -0.15) is 0 Å². The van der Waals surface area contributed by atoms with E-state index < -0.39 is 0 Å². The number of nitrogens with zero attached hydrogens (tertiary/aromatic N) is 4. The number of benzene rings is 7. The molecular formula is C49H34N4. The van der Waals surface area contributed by atoms with E-state index in [0.717, 1.165) is 28.8 Å². The summed E-state index contributed by atoms with van der Waals surface area (Å²) in [5.74, 6) is 1.96. The standard InChI is InChI=1S/C49H34N4/c1-49(2)41-25-11-9-22-35(41)38-28-32-19-14-24-37-43(32)40(44(38)49)29-39-36-23-10-12-26-42(36)53(45(37)39)34-21-13-20-33(27-34)48-51-46(30-15-5-3-6-16-30)50-47(52-48)31-17-7-4-8-18-31/h3-18,20-29H,19H2,1-2H3. The molecule has 0 aliphatic heterocycles. The second kappa shape index (κ2) is 11.2. The molecule has 250 valence electrons. The van der Waals surface area contributed by atoms with Crippen molar-refractivity contribution in [3.8, 4) is 51.0 Å². The van der Waals surface area contributed by atoms with Crippen LogP contribution in [0.2, 0.25) is 0 Å². The Labute approximate surface area is 307 Å². The molecule has 0 saturated heterocycles. The Balaban J connectivity index is 1.17. The molecule has 2 aromatic heterocycles. The quantitative estimate of drug-likeness (QED) is 0.186. The normalized spacial score (nSPS) is 13.8. The van der Waals surface area contributed by atoms with E-state index in [1.54, 1.807) is 0 Å². The van der Waals surface area contributed by atoms with Crippen molar-refractivity contribution in [3.05, 3.63) is 174 Å². The SMILES string of the molecule is CC1(C)c2ccccc2-c2cc3c4c(c5c(cc4c21)c1ccccc1n5-c1cccc(-c2nc(-c4ccccc4)nc(-c4ccccc4)n2)c1)C=CC3. The molecule has 0 atom stereocenters. The molecule has 0 bridgehead atoms. The van der Waals surface area contributed by atoms with Crippen LogP contribution in [0.1, 0.15) is 36.1 Å². The molecule has 4 heteroatoms. The van der Waals surface area contributed by atoms with Crippen LogP contribution in [0.15, 0.2) is 152 Å². The van der Waals surface area contributed by atoms with E-state index >= 15 is 0 Å². The van der Waals surface area contributed by atoms with Gasteiger partial charge in [-0.3, -0.25) is 0 Å². The summed E-state index contributed by atoms with van der Waals surface area (Å²) in [6, 6.07) is 51.8. The predicted octanol–water partition coefficient (Wildman–Crippen LogP) is 12.0. The van der Waals surface area contributed by atoms with E-state index in [-0.39, 0.29) is 5.41 Å². The molecule has 9 aromatic rings. The fourth-order valence-corrected chi connectivity index (χ4v) is 9.06. The van der Waals surface area contributed by atoms with Gasteiger partial charge in [-0.05, 0) is 75.3 Å². The van der Waals surface area contributed by atoms with E-state index in [2.05, 4.69) is 140 Å². The van der Waals surface area contributed by atoms with E-state index in [9.17, 15) is 0 Å². The fraction of sp³-hybridized carbons (Fsp3) is 0.0816. The van der Waals surface area contributed by atoms with E-state index in [1.807, 2.05) is 36.4 Å². The lowest BCUT2D eigenvalue weighted by molar-refractivity contribution is 0.666. The van der Waals surface area contributed by atoms with Crippen molar-refractivity contribution < 1.29 is 0 Å². The Morgan fingerprint density at radius 1 is 0.547 bits per heavy atom. The van der Waals surface area contributed by atoms with Gasteiger partial charge >= 0.3 is 0 Å². The third-order valence-electron chi connectivity index (χ3n) is 11.4. The summed E-state index contributed by atoms with van der Waals surface area (Å²) in [5, 5.41) is 5.26. The maximum atomic E-state index is 5.06. The first-order valence-electron chi connectivity index (χ1n) is 18.3. The number of aromatic nitrogens is 4. The molecule has 0 fully saturated rings. The molecule has 7 aromatic carbocycles. The summed E-state index contributed by atoms with van der Waals surface area (Å²) >= 11 is 0. The van der Waals surface area contributed by atoms with Crippen LogP contribution in [0.4, 0.5) is 0 Å². The van der Waals surface area contributed by atoms with Gasteiger partial charge in [-0.25, -0.2) is 15.0 Å². The Bertz CT molecular complexity index is 2930. The third kappa shape index (κ3) is 4.39. The highest BCUT2D eigenvalue weighted by Gasteiger charge is 2.38. The van der Waals surface area contributed by atoms with Gasteiger partial charge in [-0.15, -0.1) is 0 Å². The van der Waals surface area contributed by atoms with Gasteiger partial charge < -0.3 is 4.57 Å². The zero-order valence-electron chi connectivity index (χ0n) is 29.5. The maximum Gasteiger partial charge on any atom is 0.164 e. The van der Waals surface area contributed by atoms with Crippen LogP contribution in [0.25, 0.3) is 89.6 Å². The smallest absolute Gasteiger partial charge is 0.164 e. The molecule has 4 nitrogen and oxygen atoms in total. The molecule has 2 aliphatic rings. The Morgan fingerprint density at radius 2 is 1.19 bits per heavy atom. The van der Waals surface area contributed by atoms with Crippen molar-refractivity contribution in [1.82, 2.24) is 19.5 Å². The van der Waals surface area contributed by atoms with Gasteiger partial charge in [0.25, 0.3) is 0 Å².